The summed E-state index contributed by atoms with van der Waals surface area (Å²) >= 11 is 0. The molecule has 0 aliphatic carbocycles. The van der Waals surface area contributed by atoms with Crippen molar-refractivity contribution in [1.82, 2.24) is 15.2 Å². The fourth-order valence-corrected chi connectivity index (χ4v) is 5.91. The molecule has 11 heteroatoms. The highest BCUT2D eigenvalue weighted by atomic mass is 32.2. The van der Waals surface area contributed by atoms with Crippen molar-refractivity contribution in [1.29, 1.82) is 0 Å². The first-order valence-corrected chi connectivity index (χ1v) is 15.4. The first kappa shape index (κ1) is 29.1. The molecule has 1 fully saturated rings. The van der Waals surface area contributed by atoms with Gasteiger partial charge in [0, 0.05) is 38.0 Å². The lowest BCUT2D eigenvalue weighted by Gasteiger charge is -2.37. The van der Waals surface area contributed by atoms with E-state index in [1.165, 1.54) is 17.2 Å². The fourth-order valence-electron chi connectivity index (χ4n) is 4.71. The predicted octanol–water partition coefficient (Wildman–Crippen LogP) is 2.89. The number of carbonyl (C=O) groups is 2. The van der Waals surface area contributed by atoms with Gasteiger partial charge in [0.25, 0.3) is 11.8 Å². The molecule has 218 valence electrons. The number of hydrogen-bond acceptors (Lipinski definition) is 8. The molecule has 5 rings (SSSR count). The van der Waals surface area contributed by atoms with E-state index >= 15 is 0 Å². The number of ether oxygens (including phenoxy) is 2. The summed E-state index contributed by atoms with van der Waals surface area (Å²) in [7, 11) is -1.36. The molecule has 3 aromatic rings. The Balaban J connectivity index is 1.27. The van der Waals surface area contributed by atoms with Crippen LogP contribution in [0, 0.1) is 11.8 Å². The molecule has 1 aromatic heterocycles. The van der Waals surface area contributed by atoms with Gasteiger partial charge in [0.05, 0.1) is 22.7 Å². The molecule has 2 aromatic carbocycles. The maximum Gasteiger partial charge on any atom is 0.270 e. The number of benzene rings is 2. The van der Waals surface area contributed by atoms with E-state index in [1.807, 2.05) is 38.1 Å². The number of sulfone groups is 1. The average molecular weight is 589 g/mol. The number of hydrogen-bond donors (Lipinski definition) is 1. The van der Waals surface area contributed by atoms with Crippen LogP contribution in [0.3, 0.4) is 0 Å². The quantitative estimate of drug-likeness (QED) is 0.452. The summed E-state index contributed by atoms with van der Waals surface area (Å²) in [4.78, 5) is 34.1. The molecular formula is C31H32N4O6S. The molecule has 2 aliphatic rings. The number of pyridine rings is 1. The first-order chi connectivity index (χ1) is 20.0. The zero-order valence-corrected chi connectivity index (χ0v) is 24.5. The lowest BCUT2D eigenvalue weighted by Crippen LogP contribution is -2.50. The average Bonchev–Trinajstić information content (AvgIpc) is 3.08. The van der Waals surface area contributed by atoms with Crippen molar-refractivity contribution in [3.05, 3.63) is 78.1 Å². The van der Waals surface area contributed by atoms with E-state index in [0.29, 0.717) is 41.6 Å². The molecule has 42 heavy (non-hydrogen) atoms. The largest absolute Gasteiger partial charge is 0.489 e. The van der Waals surface area contributed by atoms with Crippen LogP contribution in [0.5, 0.6) is 17.2 Å². The second kappa shape index (κ2) is 11.8. The van der Waals surface area contributed by atoms with E-state index in [0.717, 1.165) is 0 Å². The number of nitrogens with one attached hydrogen (secondary N) is 1. The van der Waals surface area contributed by atoms with Crippen LogP contribution < -0.4 is 19.7 Å². The first-order valence-electron chi connectivity index (χ1n) is 13.5. The SMILES string of the molecule is CN1C(=O)[C@@H](NC(=O)c2cc(Oc3ccccc3)ccn2)COc2ccc(C#CC(C)(C)N3CCS(=O)(=O)CC3)cc21. The maximum absolute atomic E-state index is 13.4. The van der Waals surface area contributed by atoms with Crippen LogP contribution in [0.25, 0.3) is 0 Å². The zero-order valence-electron chi connectivity index (χ0n) is 23.7. The second-order valence-electron chi connectivity index (χ2n) is 10.7. The second-order valence-corrected chi connectivity index (χ2v) is 13.0. The molecule has 0 bridgehead atoms. The molecule has 2 aliphatic heterocycles. The number of rotatable bonds is 5. The predicted molar refractivity (Wildman–Crippen MR) is 159 cm³/mol. The smallest absolute Gasteiger partial charge is 0.270 e. The van der Waals surface area contributed by atoms with E-state index < -0.39 is 27.3 Å². The Morgan fingerprint density at radius 1 is 1.07 bits per heavy atom. The minimum Gasteiger partial charge on any atom is -0.489 e. The highest BCUT2D eigenvalue weighted by Crippen LogP contribution is 2.32. The van der Waals surface area contributed by atoms with Crippen molar-refractivity contribution < 1.29 is 27.5 Å². The van der Waals surface area contributed by atoms with Crippen molar-refractivity contribution in [2.24, 2.45) is 0 Å². The van der Waals surface area contributed by atoms with Crippen LogP contribution in [0.1, 0.15) is 29.9 Å². The number of likely N-dealkylation sites (N-methyl/N-ethyl adjacent to an activating group) is 1. The standard InChI is InChI=1S/C31H32N4O6S/c1-31(2,35-15-17-42(38,39)18-16-35)13-11-22-9-10-28-27(19-22)34(3)30(37)26(21-40-28)33-29(36)25-20-24(12-14-32-25)41-23-7-5-4-6-8-23/h4-10,12,14,19-20,26H,15-18,21H2,1-3H3,(H,33,36)/t26-/m0/s1. The summed E-state index contributed by atoms with van der Waals surface area (Å²) in [6.45, 7) is 4.74. The van der Waals surface area contributed by atoms with E-state index in [4.69, 9.17) is 9.47 Å². The van der Waals surface area contributed by atoms with Crippen LogP contribution in [-0.2, 0) is 14.6 Å². The van der Waals surface area contributed by atoms with E-state index in [9.17, 15) is 18.0 Å². The van der Waals surface area contributed by atoms with Crippen molar-refractivity contribution in [3.63, 3.8) is 0 Å². The van der Waals surface area contributed by atoms with Gasteiger partial charge in [0.1, 0.15) is 35.6 Å². The third-order valence-electron chi connectivity index (χ3n) is 7.25. The summed E-state index contributed by atoms with van der Waals surface area (Å²) < 4.78 is 35.3. The Bertz CT molecular complexity index is 1650. The van der Waals surface area contributed by atoms with Gasteiger partial charge in [-0.3, -0.25) is 19.5 Å². The summed E-state index contributed by atoms with van der Waals surface area (Å²) in [6.07, 6.45) is 1.47. The van der Waals surface area contributed by atoms with E-state index in [-0.39, 0.29) is 29.7 Å². The van der Waals surface area contributed by atoms with Crippen molar-refractivity contribution in [2.75, 3.05) is 43.1 Å². The van der Waals surface area contributed by atoms with Crippen LogP contribution in [0.15, 0.2) is 66.9 Å². The van der Waals surface area contributed by atoms with Crippen molar-refractivity contribution in [2.45, 2.75) is 25.4 Å². The normalized spacial score (nSPS) is 18.5. The van der Waals surface area contributed by atoms with Gasteiger partial charge in [-0.05, 0) is 50.2 Å². The number of carbonyl (C=O) groups excluding carboxylic acids is 2. The molecule has 0 radical (unpaired) electrons. The van der Waals surface area contributed by atoms with Gasteiger partial charge in [-0.15, -0.1) is 0 Å². The number of fused-ring (bicyclic) bond motifs is 1. The molecule has 0 spiro atoms. The molecule has 0 unspecified atom stereocenters. The van der Waals surface area contributed by atoms with Crippen LogP contribution in [0.4, 0.5) is 5.69 Å². The van der Waals surface area contributed by atoms with Gasteiger partial charge in [0.15, 0.2) is 9.84 Å². The Kier molecular flexibility index (Phi) is 8.20. The number of anilines is 1. The Morgan fingerprint density at radius 2 is 1.81 bits per heavy atom. The van der Waals surface area contributed by atoms with Gasteiger partial charge in [-0.25, -0.2) is 8.42 Å². The van der Waals surface area contributed by atoms with Crippen molar-refractivity contribution in [3.8, 4) is 29.1 Å². The third kappa shape index (κ3) is 6.73. The minimum atomic E-state index is -2.99. The number of aromatic nitrogens is 1. The maximum atomic E-state index is 13.4. The summed E-state index contributed by atoms with van der Waals surface area (Å²) in [5, 5.41) is 2.73. The van der Waals surface area contributed by atoms with E-state index in [1.54, 1.807) is 37.4 Å². The van der Waals surface area contributed by atoms with Gasteiger partial charge < -0.3 is 19.7 Å². The molecule has 10 nitrogen and oxygen atoms in total. The molecule has 1 N–H and O–H groups in total. The molecular weight excluding hydrogens is 556 g/mol. The lowest BCUT2D eigenvalue weighted by molar-refractivity contribution is -0.120. The zero-order chi connectivity index (χ0) is 29.9. The highest BCUT2D eigenvalue weighted by molar-refractivity contribution is 7.91. The monoisotopic (exact) mass is 588 g/mol. The third-order valence-corrected chi connectivity index (χ3v) is 8.86. The fraction of sp³-hybridized carbons (Fsp3) is 0.323. The van der Waals surface area contributed by atoms with Crippen LogP contribution in [0.2, 0.25) is 0 Å². The van der Waals surface area contributed by atoms with Gasteiger partial charge in [-0.1, -0.05) is 30.0 Å². The topological polar surface area (TPSA) is 118 Å². The summed E-state index contributed by atoms with van der Waals surface area (Å²) in [5.74, 6) is 7.35. The van der Waals surface area contributed by atoms with Crippen LogP contribution >= 0.6 is 0 Å². The van der Waals surface area contributed by atoms with Gasteiger partial charge >= 0.3 is 0 Å². The molecule has 2 amide bonds. The number of nitrogens with zero attached hydrogens (tertiary/aromatic N) is 3. The summed E-state index contributed by atoms with van der Waals surface area (Å²) in [6, 6.07) is 16.7. The van der Waals surface area contributed by atoms with Gasteiger partial charge in [-0.2, -0.15) is 0 Å². The number of para-hydroxylation sites is 1. The molecule has 0 saturated carbocycles. The molecule has 3 heterocycles. The number of amides is 2. The highest BCUT2D eigenvalue weighted by Gasteiger charge is 2.32. The van der Waals surface area contributed by atoms with Gasteiger partial charge in [0.2, 0.25) is 0 Å². The summed E-state index contributed by atoms with van der Waals surface area (Å²) in [5.41, 5.74) is 0.777. The minimum absolute atomic E-state index is 0.0575. The van der Waals surface area contributed by atoms with Crippen molar-refractivity contribution >= 4 is 27.3 Å². The Morgan fingerprint density at radius 3 is 2.55 bits per heavy atom. The molecule has 1 saturated heterocycles. The lowest BCUT2D eigenvalue weighted by atomic mass is 10.0. The Labute approximate surface area is 245 Å². The van der Waals surface area contributed by atoms with Crippen LogP contribution in [-0.4, -0.2) is 79.9 Å². The van der Waals surface area contributed by atoms with E-state index in [2.05, 4.69) is 27.0 Å². The Hall–Kier alpha value is -4.40. The molecule has 1 atom stereocenters.